The van der Waals surface area contributed by atoms with Gasteiger partial charge in [-0.05, 0) is 26.2 Å². The van der Waals surface area contributed by atoms with Crippen molar-refractivity contribution in [3.8, 4) is 11.8 Å². The summed E-state index contributed by atoms with van der Waals surface area (Å²) in [6, 6.07) is 1.67. The maximum atomic E-state index is 3.58. The first-order valence-electron chi connectivity index (χ1n) is 5.77. The Morgan fingerprint density at radius 3 is 2.93 bits per heavy atom. The Kier molecular flexibility index (Phi) is 3.44. The molecule has 1 saturated heterocycles. The number of rotatable bonds is 4. The summed E-state index contributed by atoms with van der Waals surface area (Å²) in [4.78, 5) is 2.64. The van der Waals surface area contributed by atoms with Crippen molar-refractivity contribution in [3.63, 3.8) is 0 Å². The van der Waals surface area contributed by atoms with Crippen LogP contribution in [0.1, 0.15) is 32.6 Å². The molecule has 1 saturated carbocycles. The fourth-order valence-corrected chi connectivity index (χ4v) is 2.19. The highest BCUT2D eigenvalue weighted by molar-refractivity contribution is 4.96. The molecule has 0 aromatic heterocycles. The first-order chi connectivity index (χ1) is 6.90. The van der Waals surface area contributed by atoms with Gasteiger partial charge in [0.15, 0.2) is 0 Å². The molecule has 1 unspecified atom stereocenters. The van der Waals surface area contributed by atoms with Crippen molar-refractivity contribution in [2.45, 2.75) is 44.7 Å². The number of hydrogen-bond acceptors (Lipinski definition) is 2. The quantitative estimate of drug-likeness (QED) is 0.532. The molecule has 2 rings (SSSR count). The van der Waals surface area contributed by atoms with E-state index >= 15 is 0 Å². The van der Waals surface area contributed by atoms with E-state index in [-0.39, 0.29) is 0 Å². The second kappa shape index (κ2) is 4.82. The van der Waals surface area contributed by atoms with Crippen LogP contribution in [0.4, 0.5) is 0 Å². The van der Waals surface area contributed by atoms with Crippen LogP contribution in [0.25, 0.3) is 0 Å². The molecule has 1 heterocycles. The zero-order chi connectivity index (χ0) is 9.80. The average molecular weight is 192 g/mol. The standard InChI is InChI=1S/C12H20N2/c1-2-3-4-8-13-11-7-9-14(10-11)12-5-6-12/h11-13H,4-10H2,1H3. The first kappa shape index (κ1) is 10.0. The molecular weight excluding hydrogens is 172 g/mol. The van der Waals surface area contributed by atoms with Crippen LogP contribution in [0.2, 0.25) is 0 Å². The van der Waals surface area contributed by atoms with Crippen LogP contribution in [-0.4, -0.2) is 36.6 Å². The van der Waals surface area contributed by atoms with Gasteiger partial charge in [0.25, 0.3) is 0 Å². The average Bonchev–Trinajstić information content (AvgIpc) is 2.94. The summed E-state index contributed by atoms with van der Waals surface area (Å²) in [5.74, 6) is 6.02. The Labute approximate surface area is 87.1 Å². The Morgan fingerprint density at radius 1 is 1.36 bits per heavy atom. The van der Waals surface area contributed by atoms with Crippen LogP contribution in [0.5, 0.6) is 0 Å². The van der Waals surface area contributed by atoms with Crippen LogP contribution in [0.3, 0.4) is 0 Å². The zero-order valence-corrected chi connectivity index (χ0v) is 9.05. The van der Waals surface area contributed by atoms with Gasteiger partial charge in [-0.25, -0.2) is 0 Å². The molecule has 2 aliphatic rings. The monoisotopic (exact) mass is 192 g/mol. The number of likely N-dealkylation sites (tertiary alicyclic amines) is 1. The molecule has 2 heteroatoms. The van der Waals surface area contributed by atoms with Gasteiger partial charge in [-0.15, -0.1) is 11.8 Å². The van der Waals surface area contributed by atoms with Gasteiger partial charge in [0, 0.05) is 38.1 Å². The Balaban J connectivity index is 1.60. The van der Waals surface area contributed by atoms with Crippen LogP contribution in [0.15, 0.2) is 0 Å². The normalized spacial score (nSPS) is 27.4. The predicted octanol–water partition coefficient (Wildman–Crippen LogP) is 1.23. The van der Waals surface area contributed by atoms with Crippen LogP contribution < -0.4 is 5.32 Å². The number of nitrogens with zero attached hydrogens (tertiary/aromatic N) is 1. The van der Waals surface area contributed by atoms with Crippen LogP contribution in [-0.2, 0) is 0 Å². The first-order valence-corrected chi connectivity index (χ1v) is 5.77. The van der Waals surface area contributed by atoms with E-state index in [2.05, 4.69) is 22.1 Å². The van der Waals surface area contributed by atoms with Crippen molar-refractivity contribution in [3.05, 3.63) is 0 Å². The summed E-state index contributed by atoms with van der Waals surface area (Å²) < 4.78 is 0. The summed E-state index contributed by atoms with van der Waals surface area (Å²) in [7, 11) is 0. The number of nitrogens with one attached hydrogen (secondary N) is 1. The van der Waals surface area contributed by atoms with E-state index in [9.17, 15) is 0 Å². The minimum atomic E-state index is 0.731. The molecule has 0 aromatic rings. The summed E-state index contributed by atoms with van der Waals surface area (Å²) in [6.07, 6.45) is 5.20. The van der Waals surface area contributed by atoms with Crippen molar-refractivity contribution >= 4 is 0 Å². The van der Waals surface area contributed by atoms with Crippen molar-refractivity contribution in [1.82, 2.24) is 10.2 Å². The lowest BCUT2D eigenvalue weighted by Crippen LogP contribution is -2.33. The second-order valence-corrected chi connectivity index (χ2v) is 4.34. The van der Waals surface area contributed by atoms with E-state index in [1.54, 1.807) is 0 Å². The molecule has 2 nitrogen and oxygen atoms in total. The summed E-state index contributed by atoms with van der Waals surface area (Å²) in [6.45, 7) is 5.54. The third-order valence-electron chi connectivity index (χ3n) is 3.14. The summed E-state index contributed by atoms with van der Waals surface area (Å²) >= 11 is 0. The maximum absolute atomic E-state index is 3.58. The van der Waals surface area contributed by atoms with Gasteiger partial charge in [0.05, 0.1) is 0 Å². The molecule has 0 amide bonds. The second-order valence-electron chi connectivity index (χ2n) is 4.34. The SMILES string of the molecule is CC#CCCNC1CCN(C2CC2)C1. The third-order valence-corrected chi connectivity index (χ3v) is 3.14. The maximum Gasteiger partial charge on any atom is 0.0214 e. The lowest BCUT2D eigenvalue weighted by atomic mass is 10.2. The molecule has 1 N–H and O–H groups in total. The van der Waals surface area contributed by atoms with Gasteiger partial charge in [-0.1, -0.05) is 0 Å². The Morgan fingerprint density at radius 2 is 2.21 bits per heavy atom. The van der Waals surface area contributed by atoms with Gasteiger partial charge in [0.2, 0.25) is 0 Å². The largest absolute Gasteiger partial charge is 0.312 e. The molecule has 1 aliphatic heterocycles. The summed E-state index contributed by atoms with van der Waals surface area (Å²) in [5, 5.41) is 3.58. The van der Waals surface area contributed by atoms with E-state index in [0.29, 0.717) is 0 Å². The van der Waals surface area contributed by atoms with Crippen molar-refractivity contribution in [1.29, 1.82) is 0 Å². The minimum absolute atomic E-state index is 0.731. The fraction of sp³-hybridized carbons (Fsp3) is 0.833. The molecule has 1 aliphatic carbocycles. The Hall–Kier alpha value is -0.520. The molecule has 1 atom stereocenters. The molecular formula is C12H20N2. The third kappa shape index (κ3) is 2.73. The van der Waals surface area contributed by atoms with Gasteiger partial charge >= 0.3 is 0 Å². The highest BCUT2D eigenvalue weighted by Crippen LogP contribution is 2.29. The van der Waals surface area contributed by atoms with Crippen molar-refractivity contribution < 1.29 is 0 Å². The molecule has 0 radical (unpaired) electrons. The topological polar surface area (TPSA) is 15.3 Å². The zero-order valence-electron chi connectivity index (χ0n) is 9.05. The highest BCUT2D eigenvalue weighted by Gasteiger charge is 2.33. The van der Waals surface area contributed by atoms with Gasteiger partial charge in [-0.3, -0.25) is 4.90 Å². The van der Waals surface area contributed by atoms with E-state index in [0.717, 1.165) is 25.0 Å². The lowest BCUT2D eigenvalue weighted by Gasteiger charge is -2.15. The fourth-order valence-electron chi connectivity index (χ4n) is 2.19. The van der Waals surface area contributed by atoms with Crippen LogP contribution >= 0.6 is 0 Å². The molecule has 0 bridgehead atoms. The Bertz CT molecular complexity index is 234. The number of hydrogen-bond donors (Lipinski definition) is 1. The minimum Gasteiger partial charge on any atom is -0.312 e. The van der Waals surface area contributed by atoms with Gasteiger partial charge in [0.1, 0.15) is 0 Å². The van der Waals surface area contributed by atoms with E-state index in [1.807, 2.05) is 6.92 Å². The highest BCUT2D eigenvalue weighted by atomic mass is 15.2. The lowest BCUT2D eigenvalue weighted by molar-refractivity contribution is 0.318. The van der Waals surface area contributed by atoms with Crippen molar-refractivity contribution in [2.24, 2.45) is 0 Å². The smallest absolute Gasteiger partial charge is 0.0214 e. The van der Waals surface area contributed by atoms with Crippen LogP contribution in [0, 0.1) is 11.8 Å². The molecule has 78 valence electrons. The van der Waals surface area contributed by atoms with Gasteiger partial charge < -0.3 is 5.32 Å². The van der Waals surface area contributed by atoms with E-state index < -0.39 is 0 Å². The van der Waals surface area contributed by atoms with E-state index in [4.69, 9.17) is 0 Å². The van der Waals surface area contributed by atoms with Crippen molar-refractivity contribution in [2.75, 3.05) is 19.6 Å². The van der Waals surface area contributed by atoms with Gasteiger partial charge in [-0.2, -0.15) is 0 Å². The molecule has 0 spiro atoms. The predicted molar refractivity (Wildman–Crippen MR) is 59.1 cm³/mol. The summed E-state index contributed by atoms with van der Waals surface area (Å²) in [5.41, 5.74) is 0. The van der Waals surface area contributed by atoms with E-state index in [1.165, 1.54) is 32.4 Å². The molecule has 14 heavy (non-hydrogen) atoms. The molecule has 2 fully saturated rings. The molecule has 0 aromatic carbocycles.